The van der Waals surface area contributed by atoms with Crippen LogP contribution in [-0.4, -0.2) is 42.3 Å². The van der Waals surface area contributed by atoms with Crippen LogP contribution in [0.4, 0.5) is 5.69 Å². The highest BCUT2D eigenvalue weighted by molar-refractivity contribution is 6.16. The van der Waals surface area contributed by atoms with Crippen LogP contribution in [0.2, 0.25) is 0 Å². The molecule has 1 spiro atoms. The molecule has 1 atom stereocenters. The second kappa shape index (κ2) is 9.35. The van der Waals surface area contributed by atoms with Gasteiger partial charge in [-0.15, -0.1) is 5.10 Å². The Morgan fingerprint density at radius 2 is 2.00 bits per heavy atom. The Balaban J connectivity index is 1.70. The second-order valence-corrected chi connectivity index (χ2v) is 8.69. The number of methoxy groups -OCH3 is 1. The van der Waals surface area contributed by atoms with E-state index in [0.717, 1.165) is 12.8 Å². The van der Waals surface area contributed by atoms with E-state index in [1.54, 1.807) is 24.3 Å². The zero-order chi connectivity index (χ0) is 26.2. The van der Waals surface area contributed by atoms with Crippen LogP contribution in [0.5, 0.6) is 11.6 Å². The van der Waals surface area contributed by atoms with E-state index in [1.807, 2.05) is 24.3 Å². The molecule has 0 aliphatic carbocycles. The summed E-state index contributed by atoms with van der Waals surface area (Å²) in [5.41, 5.74) is 6.93. The highest BCUT2D eigenvalue weighted by Gasteiger charge is 2.61. The molecule has 188 valence electrons. The summed E-state index contributed by atoms with van der Waals surface area (Å²) >= 11 is 0. The molecule has 3 heterocycles. The van der Waals surface area contributed by atoms with Crippen molar-refractivity contribution in [2.24, 2.45) is 5.73 Å². The minimum absolute atomic E-state index is 0.0769. The third-order valence-corrected chi connectivity index (χ3v) is 6.64. The molecule has 37 heavy (non-hydrogen) atoms. The van der Waals surface area contributed by atoms with Crippen LogP contribution in [-0.2, 0) is 19.7 Å². The average molecular weight is 500 g/mol. The highest BCUT2D eigenvalue weighted by atomic mass is 16.5. The number of ether oxygens (including phenoxy) is 3. The molecule has 3 aromatic rings. The maximum atomic E-state index is 14.3. The lowest BCUT2D eigenvalue weighted by Crippen LogP contribution is -2.47. The zero-order valence-electron chi connectivity index (χ0n) is 20.4. The number of aromatic amines is 1. The number of hydrogen-bond donors (Lipinski definition) is 2. The van der Waals surface area contributed by atoms with Gasteiger partial charge in [-0.1, -0.05) is 31.5 Å². The molecule has 2 aromatic carbocycles. The summed E-state index contributed by atoms with van der Waals surface area (Å²) in [6.45, 7) is 2.38. The van der Waals surface area contributed by atoms with E-state index < -0.39 is 17.3 Å². The minimum Gasteiger partial charge on any atom is -0.494 e. The van der Waals surface area contributed by atoms with Gasteiger partial charge in [-0.2, -0.15) is 5.26 Å². The predicted octanol–water partition coefficient (Wildman–Crippen LogP) is 3.15. The molecule has 1 aromatic heterocycles. The summed E-state index contributed by atoms with van der Waals surface area (Å²) in [5, 5.41) is 17.5. The molecule has 10 heteroatoms. The third-order valence-electron chi connectivity index (χ3n) is 6.64. The van der Waals surface area contributed by atoms with Crippen molar-refractivity contribution in [2.45, 2.75) is 25.2 Å². The van der Waals surface area contributed by atoms with E-state index in [9.17, 15) is 14.9 Å². The average Bonchev–Trinajstić information content (AvgIpc) is 3.43. The number of esters is 1. The number of unbranched alkanes of at least 4 members (excludes halogenated alkanes) is 1. The van der Waals surface area contributed by atoms with E-state index in [4.69, 9.17) is 19.9 Å². The Labute approximate surface area is 213 Å². The number of nitrogens with one attached hydrogen (secondary N) is 1. The number of para-hydroxylation sites is 1. The maximum Gasteiger partial charge on any atom is 0.325 e. The molecule has 0 saturated carbocycles. The first kappa shape index (κ1) is 23.9. The molecule has 0 radical (unpaired) electrons. The Kier molecular flexibility index (Phi) is 6.05. The van der Waals surface area contributed by atoms with Gasteiger partial charge in [0.05, 0.1) is 25.0 Å². The zero-order valence-corrected chi connectivity index (χ0v) is 20.4. The number of amides is 1. The molecular weight excluding hydrogens is 474 g/mol. The number of fused-ring (bicyclic) bond motifs is 4. The largest absolute Gasteiger partial charge is 0.494 e. The van der Waals surface area contributed by atoms with Crippen LogP contribution in [0, 0.1) is 11.3 Å². The maximum absolute atomic E-state index is 14.3. The van der Waals surface area contributed by atoms with Crippen LogP contribution in [0.25, 0.3) is 11.3 Å². The Bertz CT molecular complexity index is 1450. The molecule has 5 rings (SSSR count). The lowest BCUT2D eigenvalue weighted by atomic mass is 9.68. The minimum atomic E-state index is -1.67. The third kappa shape index (κ3) is 3.59. The van der Waals surface area contributed by atoms with Gasteiger partial charge in [0.1, 0.15) is 29.4 Å². The molecule has 0 bridgehead atoms. The van der Waals surface area contributed by atoms with Crippen LogP contribution < -0.4 is 20.1 Å². The molecule has 3 N–H and O–H groups in total. The normalized spacial score (nSPS) is 17.8. The van der Waals surface area contributed by atoms with Gasteiger partial charge in [0.25, 0.3) is 0 Å². The fourth-order valence-corrected chi connectivity index (χ4v) is 4.90. The first-order chi connectivity index (χ1) is 18.0. The summed E-state index contributed by atoms with van der Waals surface area (Å²) in [6.07, 6.45) is 1.98. The van der Waals surface area contributed by atoms with Crippen molar-refractivity contribution in [1.29, 1.82) is 5.26 Å². The molecular formula is C27H25N5O5. The topological polar surface area (TPSA) is 144 Å². The van der Waals surface area contributed by atoms with Crippen molar-refractivity contribution in [3.05, 3.63) is 71.1 Å². The van der Waals surface area contributed by atoms with Gasteiger partial charge < -0.3 is 19.9 Å². The van der Waals surface area contributed by atoms with Crippen molar-refractivity contribution >= 4 is 17.6 Å². The number of nitrogens with two attached hydrogens (primary N) is 1. The number of aromatic nitrogens is 2. The van der Waals surface area contributed by atoms with Crippen molar-refractivity contribution in [2.75, 3.05) is 25.2 Å². The van der Waals surface area contributed by atoms with Gasteiger partial charge in [0.15, 0.2) is 0 Å². The predicted molar refractivity (Wildman–Crippen MR) is 133 cm³/mol. The van der Waals surface area contributed by atoms with E-state index >= 15 is 0 Å². The highest BCUT2D eigenvalue weighted by Crippen LogP contribution is 2.56. The monoisotopic (exact) mass is 499 g/mol. The smallest absolute Gasteiger partial charge is 0.325 e. The summed E-state index contributed by atoms with van der Waals surface area (Å²) in [4.78, 5) is 27.9. The fraction of sp³-hybridized carbons (Fsp3) is 0.259. The molecule has 0 unspecified atom stereocenters. The summed E-state index contributed by atoms with van der Waals surface area (Å²) in [5.74, 6) is -0.557. The molecule has 2 aliphatic rings. The lowest BCUT2D eigenvalue weighted by molar-refractivity contribution is -0.140. The summed E-state index contributed by atoms with van der Waals surface area (Å²) in [7, 11) is 1.25. The van der Waals surface area contributed by atoms with Crippen LogP contribution >= 0.6 is 0 Å². The second-order valence-electron chi connectivity index (χ2n) is 8.69. The SMILES string of the molecule is CCCCOc1ccc(-c2[nH]nc3c2[C@]2(C(=O)N(CC(=O)OC)c4ccccc42)C(C#N)=C(N)O3)cc1. The number of carbonyl (C=O) groups is 2. The molecule has 0 fully saturated rings. The van der Waals surface area contributed by atoms with Crippen LogP contribution in [0.1, 0.15) is 30.9 Å². The van der Waals surface area contributed by atoms with Gasteiger partial charge in [-0.3, -0.25) is 19.6 Å². The standard InChI is InChI=1S/C27H25N5O5/c1-3-4-13-36-17-11-9-16(10-12-17)23-22-25(31-30-23)37-24(29)19(14-28)27(22)18-7-5-6-8-20(18)32(26(27)34)15-21(33)35-2/h5-12H,3-4,13,15,29H2,1-2H3,(H,30,31)/t27-/m1/s1. The van der Waals surface area contributed by atoms with Crippen molar-refractivity contribution in [3.63, 3.8) is 0 Å². The molecule has 1 amide bonds. The number of nitriles is 1. The first-order valence-corrected chi connectivity index (χ1v) is 11.9. The van der Waals surface area contributed by atoms with E-state index in [1.165, 1.54) is 12.0 Å². The number of carbonyl (C=O) groups excluding carboxylic acids is 2. The number of nitrogens with zero attached hydrogens (tertiary/aromatic N) is 3. The van der Waals surface area contributed by atoms with Crippen LogP contribution in [0.3, 0.4) is 0 Å². The first-order valence-electron chi connectivity index (χ1n) is 11.9. The van der Waals surface area contributed by atoms with E-state index in [0.29, 0.717) is 40.4 Å². The molecule has 2 aliphatic heterocycles. The van der Waals surface area contributed by atoms with Crippen LogP contribution in [0.15, 0.2) is 60.0 Å². The quantitative estimate of drug-likeness (QED) is 0.373. The van der Waals surface area contributed by atoms with E-state index in [-0.39, 0.29) is 23.9 Å². The van der Waals surface area contributed by atoms with Crippen molar-refractivity contribution in [3.8, 4) is 29.0 Å². The van der Waals surface area contributed by atoms with Gasteiger partial charge >= 0.3 is 5.97 Å². The number of H-pyrrole nitrogens is 1. The van der Waals surface area contributed by atoms with Gasteiger partial charge in [-0.05, 0) is 36.8 Å². The van der Waals surface area contributed by atoms with E-state index in [2.05, 4.69) is 23.2 Å². The number of rotatable bonds is 7. The Morgan fingerprint density at radius 3 is 2.70 bits per heavy atom. The number of hydrogen-bond acceptors (Lipinski definition) is 8. The summed E-state index contributed by atoms with van der Waals surface area (Å²) < 4.78 is 16.3. The molecule has 0 saturated heterocycles. The van der Waals surface area contributed by atoms with Gasteiger partial charge in [-0.25, -0.2) is 0 Å². The van der Waals surface area contributed by atoms with Crippen molar-refractivity contribution < 1.29 is 23.8 Å². The van der Waals surface area contributed by atoms with Gasteiger partial charge in [0, 0.05) is 16.8 Å². The van der Waals surface area contributed by atoms with Gasteiger partial charge in [0.2, 0.25) is 17.7 Å². The Hall–Kier alpha value is -4.78. The number of anilines is 1. The number of benzene rings is 2. The fourth-order valence-electron chi connectivity index (χ4n) is 4.90. The summed E-state index contributed by atoms with van der Waals surface area (Å²) in [6, 6.07) is 16.4. The Morgan fingerprint density at radius 1 is 1.24 bits per heavy atom. The molecule has 10 nitrogen and oxygen atoms in total. The van der Waals surface area contributed by atoms with Crippen molar-refractivity contribution in [1.82, 2.24) is 10.2 Å². The lowest BCUT2D eigenvalue weighted by Gasteiger charge is -2.32.